The van der Waals surface area contributed by atoms with E-state index in [4.69, 9.17) is 0 Å². The summed E-state index contributed by atoms with van der Waals surface area (Å²) in [5.74, 6) is -0.578. The van der Waals surface area contributed by atoms with Crippen molar-refractivity contribution in [2.24, 2.45) is 0 Å². The van der Waals surface area contributed by atoms with Gasteiger partial charge in [0.1, 0.15) is 5.82 Å². The zero-order valence-electron chi connectivity index (χ0n) is 10.3. The largest absolute Gasteiger partial charge is 0.317 e. The average Bonchev–Trinajstić information content (AvgIpc) is 2.60. The second kappa shape index (κ2) is 6.30. The van der Waals surface area contributed by atoms with Gasteiger partial charge in [0.2, 0.25) is 10.0 Å². The van der Waals surface area contributed by atoms with Gasteiger partial charge in [-0.25, -0.2) is 17.5 Å². The van der Waals surface area contributed by atoms with E-state index in [1.165, 1.54) is 12.1 Å². The number of nitrogens with one attached hydrogen (secondary N) is 2. The lowest BCUT2D eigenvalue weighted by Gasteiger charge is -2.16. The normalized spacial score (nSPS) is 21.1. The quantitative estimate of drug-likeness (QED) is 0.876. The number of hydrogen-bond acceptors (Lipinski definition) is 3. The van der Waals surface area contributed by atoms with E-state index < -0.39 is 15.8 Å². The molecule has 0 spiro atoms. The van der Waals surface area contributed by atoms with E-state index in [9.17, 15) is 12.8 Å². The maximum Gasteiger partial charge on any atom is 0.240 e. The summed E-state index contributed by atoms with van der Waals surface area (Å²) in [5.41, 5.74) is 0. The molecule has 0 amide bonds. The van der Waals surface area contributed by atoms with Crippen LogP contribution in [0.5, 0.6) is 0 Å². The van der Waals surface area contributed by atoms with Crippen LogP contribution in [0.3, 0.4) is 0 Å². The summed E-state index contributed by atoms with van der Waals surface area (Å²) in [5, 5.41) is 3.22. The van der Waals surface area contributed by atoms with Crippen molar-refractivity contribution in [1.82, 2.24) is 10.0 Å². The highest BCUT2D eigenvalue weighted by atomic mass is 79.9. The highest BCUT2D eigenvalue weighted by Crippen LogP contribution is 2.20. The molecule has 19 heavy (non-hydrogen) atoms. The minimum Gasteiger partial charge on any atom is -0.317 e. The molecule has 7 heteroatoms. The fourth-order valence-electron chi connectivity index (χ4n) is 2.07. The molecule has 1 saturated heterocycles. The zero-order valence-corrected chi connectivity index (χ0v) is 12.7. The summed E-state index contributed by atoms with van der Waals surface area (Å²) in [4.78, 5) is -0.0367. The fourth-order valence-corrected chi connectivity index (χ4v) is 3.63. The Balaban J connectivity index is 2.14. The summed E-state index contributed by atoms with van der Waals surface area (Å²) in [6, 6.07) is 3.73. The van der Waals surface area contributed by atoms with Crippen LogP contribution in [0.2, 0.25) is 0 Å². The lowest BCUT2D eigenvalue weighted by atomic mass is 10.1. The standard InChI is InChI=1S/C12H16BrFN2O2S/c13-11-4-3-10(8-12(11)14)19(17,18)16-9-2-1-6-15-7-5-9/h3-4,8-9,15-16H,1-2,5-7H2. The summed E-state index contributed by atoms with van der Waals surface area (Å²) in [6.45, 7) is 1.70. The Hall–Kier alpha value is -0.500. The van der Waals surface area contributed by atoms with Gasteiger partial charge in [0.25, 0.3) is 0 Å². The van der Waals surface area contributed by atoms with E-state index in [-0.39, 0.29) is 15.4 Å². The van der Waals surface area contributed by atoms with Gasteiger partial charge in [-0.15, -0.1) is 0 Å². The first-order valence-electron chi connectivity index (χ1n) is 6.17. The first kappa shape index (κ1) is 14.9. The van der Waals surface area contributed by atoms with Crippen LogP contribution in [-0.2, 0) is 10.0 Å². The van der Waals surface area contributed by atoms with Crippen molar-refractivity contribution in [3.8, 4) is 0 Å². The molecule has 0 aromatic heterocycles. The van der Waals surface area contributed by atoms with Crippen LogP contribution in [-0.4, -0.2) is 27.5 Å². The van der Waals surface area contributed by atoms with Crippen LogP contribution >= 0.6 is 15.9 Å². The average molecular weight is 351 g/mol. The van der Waals surface area contributed by atoms with Crippen molar-refractivity contribution in [2.45, 2.75) is 30.2 Å². The third kappa shape index (κ3) is 3.98. The Morgan fingerprint density at radius 1 is 1.32 bits per heavy atom. The summed E-state index contributed by atoms with van der Waals surface area (Å²) < 4.78 is 40.6. The van der Waals surface area contributed by atoms with Gasteiger partial charge >= 0.3 is 0 Å². The van der Waals surface area contributed by atoms with E-state index in [0.29, 0.717) is 0 Å². The van der Waals surface area contributed by atoms with Gasteiger partial charge in [0.15, 0.2) is 0 Å². The maximum atomic E-state index is 13.4. The van der Waals surface area contributed by atoms with Gasteiger partial charge in [0, 0.05) is 6.04 Å². The lowest BCUT2D eigenvalue weighted by Crippen LogP contribution is -2.35. The van der Waals surface area contributed by atoms with Crippen molar-refractivity contribution in [3.63, 3.8) is 0 Å². The molecule has 1 aliphatic rings. The van der Waals surface area contributed by atoms with Gasteiger partial charge in [0.05, 0.1) is 9.37 Å². The third-order valence-corrected chi connectivity index (χ3v) is 5.26. The Bertz CT molecular complexity index is 543. The summed E-state index contributed by atoms with van der Waals surface area (Å²) in [6.07, 6.45) is 2.48. The second-order valence-corrected chi connectivity index (χ2v) is 7.14. The van der Waals surface area contributed by atoms with Crippen molar-refractivity contribution in [2.75, 3.05) is 13.1 Å². The van der Waals surface area contributed by atoms with Gasteiger partial charge < -0.3 is 5.32 Å². The maximum absolute atomic E-state index is 13.4. The number of halogens is 2. The molecule has 0 aliphatic carbocycles. The van der Waals surface area contributed by atoms with Crippen molar-refractivity contribution in [1.29, 1.82) is 0 Å². The number of hydrogen-bond donors (Lipinski definition) is 2. The van der Waals surface area contributed by atoms with Crippen LogP contribution in [0.25, 0.3) is 0 Å². The number of rotatable bonds is 3. The molecule has 0 radical (unpaired) electrons. The van der Waals surface area contributed by atoms with E-state index in [1.54, 1.807) is 0 Å². The Kier molecular flexibility index (Phi) is 4.94. The molecular formula is C12H16BrFN2O2S. The van der Waals surface area contributed by atoms with Crippen LogP contribution in [0.4, 0.5) is 4.39 Å². The SMILES string of the molecule is O=S(=O)(NC1CCCNCC1)c1ccc(Br)c(F)c1. The smallest absolute Gasteiger partial charge is 0.240 e. The molecule has 1 unspecified atom stereocenters. The third-order valence-electron chi connectivity index (χ3n) is 3.10. The van der Waals surface area contributed by atoms with Gasteiger partial charge in [-0.2, -0.15) is 0 Å². The Morgan fingerprint density at radius 2 is 2.11 bits per heavy atom. The van der Waals surface area contributed by atoms with Crippen LogP contribution in [0, 0.1) is 5.82 Å². The minimum atomic E-state index is -3.65. The van der Waals surface area contributed by atoms with Crippen LogP contribution in [0.15, 0.2) is 27.6 Å². The van der Waals surface area contributed by atoms with Gasteiger partial charge in [-0.3, -0.25) is 0 Å². The highest BCUT2D eigenvalue weighted by molar-refractivity contribution is 9.10. The molecule has 106 valence electrons. The molecule has 1 heterocycles. The highest BCUT2D eigenvalue weighted by Gasteiger charge is 2.21. The predicted octanol–water partition coefficient (Wildman–Crippen LogP) is 2.01. The first-order valence-corrected chi connectivity index (χ1v) is 8.45. The van der Waals surface area contributed by atoms with Crippen molar-refractivity contribution >= 4 is 26.0 Å². The molecule has 1 fully saturated rings. The molecule has 1 aromatic carbocycles. The monoisotopic (exact) mass is 350 g/mol. The minimum absolute atomic E-state index is 0.0367. The van der Waals surface area contributed by atoms with Gasteiger partial charge in [-0.05, 0) is 66.5 Å². The number of benzene rings is 1. The number of sulfonamides is 1. The van der Waals surface area contributed by atoms with Crippen molar-refractivity contribution < 1.29 is 12.8 Å². The molecule has 0 bridgehead atoms. The van der Waals surface area contributed by atoms with E-state index in [2.05, 4.69) is 26.0 Å². The molecule has 1 aliphatic heterocycles. The van der Waals surface area contributed by atoms with Gasteiger partial charge in [-0.1, -0.05) is 0 Å². The molecule has 1 aromatic rings. The predicted molar refractivity (Wildman–Crippen MR) is 74.9 cm³/mol. The first-order chi connectivity index (χ1) is 8.99. The summed E-state index contributed by atoms with van der Waals surface area (Å²) >= 11 is 3.01. The molecule has 2 rings (SSSR count). The lowest BCUT2D eigenvalue weighted by molar-refractivity contribution is 0.517. The summed E-state index contributed by atoms with van der Waals surface area (Å²) in [7, 11) is -3.65. The van der Waals surface area contributed by atoms with Crippen molar-refractivity contribution in [3.05, 3.63) is 28.5 Å². The zero-order chi connectivity index (χ0) is 13.9. The molecule has 4 nitrogen and oxygen atoms in total. The van der Waals surface area contributed by atoms with Crippen LogP contribution < -0.4 is 10.0 Å². The Morgan fingerprint density at radius 3 is 2.84 bits per heavy atom. The van der Waals surface area contributed by atoms with Crippen LogP contribution in [0.1, 0.15) is 19.3 Å². The second-order valence-electron chi connectivity index (χ2n) is 4.58. The van der Waals surface area contributed by atoms with E-state index in [0.717, 1.165) is 38.4 Å². The Labute approximate surface area is 121 Å². The fraction of sp³-hybridized carbons (Fsp3) is 0.500. The molecule has 1 atom stereocenters. The van der Waals surface area contributed by atoms with E-state index >= 15 is 0 Å². The molecule has 0 saturated carbocycles. The molecule has 2 N–H and O–H groups in total. The topological polar surface area (TPSA) is 58.2 Å². The molecular weight excluding hydrogens is 335 g/mol. The van der Waals surface area contributed by atoms with E-state index in [1.807, 2.05) is 0 Å².